The standard InChI is InChI=1S/C24H31ClN2O5S/c1-5-32-22(31)18-17-21(30)27(16(12-28)13(2)3)19(24(17)11-10-23(18,4)33-24)20(29)26-15-8-6-14(25)7-9-15/h6-9,13,16-19,28H,5,10-12H2,1-4H3,(H,26,29)/t16-,17-,18+,19?,23-,24?/m0/s1. The van der Waals surface area contributed by atoms with Gasteiger partial charge in [0.05, 0.1) is 35.8 Å². The molecule has 9 heteroatoms. The number of carbonyl (C=O) groups is 3. The highest BCUT2D eigenvalue weighted by molar-refractivity contribution is 8.02. The Morgan fingerprint density at radius 3 is 2.55 bits per heavy atom. The van der Waals surface area contributed by atoms with Crippen LogP contribution in [0, 0.1) is 17.8 Å². The molecule has 2 N–H and O–H groups in total. The Morgan fingerprint density at radius 1 is 1.30 bits per heavy atom. The maximum absolute atomic E-state index is 13.9. The molecule has 0 saturated carbocycles. The van der Waals surface area contributed by atoms with Crippen LogP contribution in [0.4, 0.5) is 5.69 Å². The summed E-state index contributed by atoms with van der Waals surface area (Å²) in [4.78, 5) is 42.3. The number of aliphatic hydroxyl groups is 1. The molecule has 4 rings (SSSR count). The van der Waals surface area contributed by atoms with Crippen molar-refractivity contribution in [2.24, 2.45) is 17.8 Å². The highest BCUT2D eigenvalue weighted by atomic mass is 35.5. The molecule has 0 aliphatic carbocycles. The minimum Gasteiger partial charge on any atom is -0.466 e. The summed E-state index contributed by atoms with van der Waals surface area (Å²) in [6, 6.07) is 5.46. The number of hydrogen-bond acceptors (Lipinski definition) is 6. The number of ether oxygens (including phenoxy) is 1. The van der Waals surface area contributed by atoms with Crippen molar-refractivity contribution in [1.82, 2.24) is 4.90 Å². The molecule has 1 spiro atoms. The Balaban J connectivity index is 1.78. The lowest BCUT2D eigenvalue weighted by Gasteiger charge is -2.38. The summed E-state index contributed by atoms with van der Waals surface area (Å²) in [5.74, 6) is -2.28. The fourth-order valence-corrected chi connectivity index (χ4v) is 8.43. The second-order valence-electron chi connectivity index (χ2n) is 9.72. The molecule has 1 aromatic rings. The van der Waals surface area contributed by atoms with Crippen LogP contribution in [0.15, 0.2) is 24.3 Å². The van der Waals surface area contributed by atoms with Crippen molar-refractivity contribution >= 4 is 46.8 Å². The van der Waals surface area contributed by atoms with Gasteiger partial charge < -0.3 is 20.1 Å². The number of hydrogen-bond donors (Lipinski definition) is 2. The normalized spacial score (nSPS) is 33.4. The molecule has 0 aromatic heterocycles. The van der Waals surface area contributed by atoms with Gasteiger partial charge in [0.25, 0.3) is 0 Å². The molecule has 2 unspecified atom stereocenters. The lowest BCUT2D eigenvalue weighted by Crippen LogP contribution is -2.56. The van der Waals surface area contributed by atoms with E-state index in [0.717, 1.165) is 6.42 Å². The Morgan fingerprint density at radius 2 is 1.97 bits per heavy atom. The van der Waals surface area contributed by atoms with Crippen molar-refractivity contribution in [3.8, 4) is 0 Å². The molecular formula is C24H31ClN2O5S. The molecule has 33 heavy (non-hydrogen) atoms. The Bertz CT molecular complexity index is 957. The number of halogens is 1. The van der Waals surface area contributed by atoms with Gasteiger partial charge in [0.2, 0.25) is 11.8 Å². The molecule has 1 aromatic carbocycles. The number of anilines is 1. The maximum atomic E-state index is 13.9. The lowest BCUT2D eigenvalue weighted by molar-refractivity contribution is -0.155. The minimum atomic E-state index is -0.809. The molecule has 7 nitrogen and oxygen atoms in total. The van der Waals surface area contributed by atoms with E-state index in [2.05, 4.69) is 5.32 Å². The summed E-state index contributed by atoms with van der Waals surface area (Å²) in [5.41, 5.74) is 0.576. The van der Waals surface area contributed by atoms with E-state index in [1.165, 1.54) is 0 Å². The van der Waals surface area contributed by atoms with Crippen molar-refractivity contribution in [2.75, 3.05) is 18.5 Å². The van der Waals surface area contributed by atoms with Crippen molar-refractivity contribution < 1.29 is 24.2 Å². The van der Waals surface area contributed by atoms with Crippen molar-refractivity contribution in [2.45, 2.75) is 62.1 Å². The number of fused-ring (bicyclic) bond motifs is 1. The van der Waals surface area contributed by atoms with Gasteiger partial charge in [0, 0.05) is 15.5 Å². The van der Waals surface area contributed by atoms with Gasteiger partial charge >= 0.3 is 5.97 Å². The number of benzene rings is 1. The van der Waals surface area contributed by atoms with E-state index in [4.69, 9.17) is 16.3 Å². The van der Waals surface area contributed by atoms with Gasteiger partial charge in [0.1, 0.15) is 6.04 Å². The molecule has 3 fully saturated rings. The summed E-state index contributed by atoms with van der Waals surface area (Å²) < 4.78 is 4.17. The molecule has 180 valence electrons. The number of rotatable bonds is 7. The third-order valence-electron chi connectivity index (χ3n) is 7.43. The van der Waals surface area contributed by atoms with E-state index in [9.17, 15) is 19.5 Å². The number of amides is 2. The number of likely N-dealkylation sites (tertiary alicyclic amines) is 1. The summed E-state index contributed by atoms with van der Waals surface area (Å²) in [6.07, 6.45) is 1.36. The first kappa shape index (κ1) is 24.4. The van der Waals surface area contributed by atoms with Gasteiger partial charge in [-0.05, 0) is 56.9 Å². The number of nitrogens with zero attached hydrogens (tertiary/aromatic N) is 1. The molecule has 3 heterocycles. The van der Waals surface area contributed by atoms with Crippen LogP contribution in [0.5, 0.6) is 0 Å². The number of nitrogens with one attached hydrogen (secondary N) is 1. The number of aliphatic hydroxyl groups excluding tert-OH is 1. The predicted octanol–water partition coefficient (Wildman–Crippen LogP) is 3.34. The zero-order valence-electron chi connectivity index (χ0n) is 19.3. The summed E-state index contributed by atoms with van der Waals surface area (Å²) in [5, 5.41) is 13.7. The Labute approximate surface area is 203 Å². The molecule has 6 atom stereocenters. The van der Waals surface area contributed by atoms with Crippen LogP contribution in [-0.4, -0.2) is 62.6 Å². The monoisotopic (exact) mass is 494 g/mol. The largest absolute Gasteiger partial charge is 0.466 e. The van der Waals surface area contributed by atoms with Gasteiger partial charge in [-0.15, -0.1) is 11.8 Å². The van der Waals surface area contributed by atoms with E-state index >= 15 is 0 Å². The van der Waals surface area contributed by atoms with Crippen LogP contribution < -0.4 is 5.32 Å². The van der Waals surface area contributed by atoms with E-state index in [1.807, 2.05) is 20.8 Å². The van der Waals surface area contributed by atoms with Crippen LogP contribution in [0.1, 0.15) is 40.5 Å². The summed E-state index contributed by atoms with van der Waals surface area (Å²) in [6.45, 7) is 7.57. The average Bonchev–Trinajstić information content (AvgIpc) is 3.31. The molecule has 2 amide bonds. The van der Waals surface area contributed by atoms with Crippen LogP contribution in [-0.2, 0) is 19.1 Å². The van der Waals surface area contributed by atoms with Crippen molar-refractivity contribution in [3.05, 3.63) is 29.3 Å². The van der Waals surface area contributed by atoms with Crippen molar-refractivity contribution in [3.63, 3.8) is 0 Å². The van der Waals surface area contributed by atoms with E-state index in [0.29, 0.717) is 17.1 Å². The van der Waals surface area contributed by atoms with E-state index in [1.54, 1.807) is 47.9 Å². The number of thioether (sulfide) groups is 1. The smallest absolute Gasteiger partial charge is 0.311 e. The molecule has 3 aliphatic heterocycles. The minimum absolute atomic E-state index is 0.0705. The second kappa shape index (κ2) is 8.78. The van der Waals surface area contributed by atoms with Crippen LogP contribution in [0.25, 0.3) is 0 Å². The highest BCUT2D eigenvalue weighted by Gasteiger charge is 2.78. The fraction of sp³-hybridized carbons (Fsp3) is 0.625. The molecular weight excluding hydrogens is 464 g/mol. The molecule has 3 aliphatic rings. The van der Waals surface area contributed by atoms with Gasteiger partial charge in [-0.25, -0.2) is 0 Å². The third kappa shape index (κ3) is 3.74. The quantitative estimate of drug-likeness (QED) is 0.564. The van der Waals surface area contributed by atoms with E-state index < -0.39 is 33.4 Å². The molecule has 0 radical (unpaired) electrons. The summed E-state index contributed by atoms with van der Waals surface area (Å²) >= 11 is 7.57. The van der Waals surface area contributed by atoms with Crippen molar-refractivity contribution in [1.29, 1.82) is 0 Å². The number of carbonyl (C=O) groups excluding carboxylic acids is 3. The lowest BCUT2D eigenvalue weighted by atomic mass is 9.66. The first-order chi connectivity index (χ1) is 15.6. The fourth-order valence-electron chi connectivity index (χ4n) is 5.97. The van der Waals surface area contributed by atoms with Gasteiger partial charge in [-0.3, -0.25) is 14.4 Å². The Kier molecular flexibility index (Phi) is 6.48. The second-order valence-corrected chi connectivity index (χ2v) is 12.0. The molecule has 3 saturated heterocycles. The van der Waals surface area contributed by atoms with Gasteiger partial charge in [-0.2, -0.15) is 0 Å². The summed E-state index contributed by atoms with van der Waals surface area (Å²) in [7, 11) is 0. The maximum Gasteiger partial charge on any atom is 0.311 e. The first-order valence-corrected chi connectivity index (χ1v) is 12.7. The molecule has 2 bridgehead atoms. The van der Waals surface area contributed by atoms with Gasteiger partial charge in [-0.1, -0.05) is 25.4 Å². The zero-order valence-corrected chi connectivity index (χ0v) is 20.9. The predicted molar refractivity (Wildman–Crippen MR) is 128 cm³/mol. The first-order valence-electron chi connectivity index (χ1n) is 11.5. The zero-order chi connectivity index (χ0) is 24.1. The highest BCUT2D eigenvalue weighted by Crippen LogP contribution is 2.71. The Hall–Kier alpha value is -1.77. The number of esters is 1. The third-order valence-corrected chi connectivity index (χ3v) is 9.67. The SMILES string of the molecule is CCOC(=O)[C@H]1[C@H]2C(=O)N([C@@H](CO)C(C)C)C(C(=O)Nc3ccc(Cl)cc3)C23CC[C@]1(C)S3. The van der Waals surface area contributed by atoms with Crippen LogP contribution in [0.2, 0.25) is 5.02 Å². The topological polar surface area (TPSA) is 95.9 Å². The van der Waals surface area contributed by atoms with Crippen LogP contribution >= 0.6 is 23.4 Å². The average molecular weight is 495 g/mol. The van der Waals surface area contributed by atoms with E-state index in [-0.39, 0.29) is 36.9 Å². The van der Waals surface area contributed by atoms with Gasteiger partial charge in [0.15, 0.2) is 0 Å². The van der Waals surface area contributed by atoms with Crippen LogP contribution in [0.3, 0.4) is 0 Å².